The van der Waals surface area contributed by atoms with Gasteiger partial charge in [0.2, 0.25) is 0 Å². The highest BCUT2D eigenvalue weighted by atomic mass is 16.6. The van der Waals surface area contributed by atoms with Crippen LogP contribution in [-0.2, 0) is 14.3 Å². The number of ether oxygens (including phenoxy) is 2. The summed E-state index contributed by atoms with van der Waals surface area (Å²) in [6.45, 7) is 7.13. The second kappa shape index (κ2) is 5.56. The van der Waals surface area contributed by atoms with Gasteiger partial charge in [-0.1, -0.05) is 0 Å². The van der Waals surface area contributed by atoms with E-state index in [1.807, 2.05) is 0 Å². The molecule has 2 atom stereocenters. The van der Waals surface area contributed by atoms with Crippen LogP contribution in [0.2, 0.25) is 0 Å². The molecule has 0 aliphatic carbocycles. The average molecular weight is 259 g/mol. The summed E-state index contributed by atoms with van der Waals surface area (Å²) in [7, 11) is 0. The van der Waals surface area contributed by atoms with Crippen molar-refractivity contribution in [2.75, 3.05) is 6.61 Å². The van der Waals surface area contributed by atoms with Gasteiger partial charge in [-0.15, -0.1) is 0 Å². The summed E-state index contributed by atoms with van der Waals surface area (Å²) in [4.78, 5) is 24.7. The molecule has 6 nitrogen and oxygen atoms in total. The van der Waals surface area contributed by atoms with Crippen LogP contribution in [0.5, 0.6) is 0 Å². The maximum absolute atomic E-state index is 11.9. The van der Waals surface area contributed by atoms with E-state index >= 15 is 0 Å². The number of aliphatic hydroxyl groups excluding tert-OH is 1. The highest BCUT2D eigenvalue weighted by Crippen LogP contribution is 2.25. The highest BCUT2D eigenvalue weighted by molar-refractivity contribution is 5.82. The van der Waals surface area contributed by atoms with Gasteiger partial charge in [0.05, 0.1) is 6.61 Å². The number of hydrogen-bond acceptors (Lipinski definition) is 5. The maximum atomic E-state index is 11.9. The average Bonchev–Trinajstić information content (AvgIpc) is 2.58. The number of aliphatic hydroxyl groups is 1. The Bertz CT molecular complexity index is 323. The van der Waals surface area contributed by atoms with E-state index in [0.717, 1.165) is 4.90 Å². The number of esters is 1. The van der Waals surface area contributed by atoms with Crippen molar-refractivity contribution >= 4 is 12.1 Å². The van der Waals surface area contributed by atoms with Gasteiger partial charge in [-0.2, -0.15) is 0 Å². The quantitative estimate of drug-likeness (QED) is 0.756. The van der Waals surface area contributed by atoms with Crippen LogP contribution in [-0.4, -0.2) is 46.5 Å². The molecule has 1 unspecified atom stereocenters. The molecule has 0 bridgehead atoms. The van der Waals surface area contributed by atoms with Gasteiger partial charge >= 0.3 is 12.1 Å². The van der Waals surface area contributed by atoms with Gasteiger partial charge in [-0.25, -0.2) is 9.59 Å². The Balaban J connectivity index is 2.76. The summed E-state index contributed by atoms with van der Waals surface area (Å²) in [6, 6.07) is -0.755. The molecule has 0 aromatic carbocycles. The first kappa shape index (κ1) is 14.8. The van der Waals surface area contributed by atoms with Crippen molar-refractivity contribution in [3.05, 3.63) is 0 Å². The fraction of sp³-hybridized carbons (Fsp3) is 0.833. The zero-order chi connectivity index (χ0) is 13.9. The van der Waals surface area contributed by atoms with Crippen LogP contribution in [0, 0.1) is 0 Å². The molecule has 0 radical (unpaired) electrons. The summed E-state index contributed by atoms with van der Waals surface area (Å²) in [6.07, 6.45) is -0.943. The third-order valence-corrected chi connectivity index (χ3v) is 2.52. The van der Waals surface area contributed by atoms with E-state index in [1.165, 1.54) is 0 Å². The van der Waals surface area contributed by atoms with Crippen molar-refractivity contribution in [2.24, 2.45) is 0 Å². The first-order chi connectivity index (χ1) is 8.26. The monoisotopic (exact) mass is 259 g/mol. The van der Waals surface area contributed by atoms with E-state index in [4.69, 9.17) is 9.47 Å². The lowest BCUT2D eigenvalue weighted by molar-refractivity contribution is -0.150. The summed E-state index contributed by atoms with van der Waals surface area (Å²) in [5, 5.41) is 9.76. The molecule has 1 amide bonds. The standard InChI is InChI=1S/C12H21NO5/c1-5-17-10(15)8-6-7-9(14)13(8)11(16)18-12(2,3)4/h8-9,14H,5-7H2,1-4H3/t8-,9?/m1/s1. The summed E-state index contributed by atoms with van der Waals surface area (Å²) in [5.41, 5.74) is -0.668. The van der Waals surface area contributed by atoms with Crippen molar-refractivity contribution < 1.29 is 24.2 Å². The molecule has 1 aliphatic rings. The predicted octanol–water partition coefficient (Wildman–Crippen LogP) is 1.27. The largest absolute Gasteiger partial charge is 0.464 e. The Morgan fingerprint density at radius 1 is 1.33 bits per heavy atom. The van der Waals surface area contributed by atoms with Crippen molar-refractivity contribution in [1.82, 2.24) is 4.90 Å². The summed E-state index contributed by atoms with van der Waals surface area (Å²) in [5.74, 6) is -0.500. The Kier molecular flexibility index (Phi) is 4.56. The van der Waals surface area contributed by atoms with E-state index in [-0.39, 0.29) is 6.61 Å². The van der Waals surface area contributed by atoms with Gasteiger partial charge in [-0.3, -0.25) is 4.90 Å². The lowest BCUT2D eigenvalue weighted by Crippen LogP contribution is -2.47. The van der Waals surface area contributed by atoms with E-state index in [1.54, 1.807) is 27.7 Å². The summed E-state index contributed by atoms with van der Waals surface area (Å²) < 4.78 is 10.1. The van der Waals surface area contributed by atoms with E-state index < -0.39 is 29.9 Å². The first-order valence-corrected chi connectivity index (χ1v) is 6.12. The number of nitrogens with zero attached hydrogens (tertiary/aromatic N) is 1. The molecule has 1 saturated heterocycles. The van der Waals surface area contributed by atoms with Crippen molar-refractivity contribution in [1.29, 1.82) is 0 Å². The zero-order valence-corrected chi connectivity index (χ0v) is 11.3. The Morgan fingerprint density at radius 3 is 2.44 bits per heavy atom. The normalized spacial score (nSPS) is 23.9. The van der Waals surface area contributed by atoms with Crippen LogP contribution in [0.15, 0.2) is 0 Å². The molecule has 0 aromatic heterocycles. The van der Waals surface area contributed by atoms with Gasteiger partial charge in [0.25, 0.3) is 0 Å². The Morgan fingerprint density at radius 2 is 1.94 bits per heavy atom. The van der Waals surface area contributed by atoms with Crippen molar-refractivity contribution in [3.8, 4) is 0 Å². The number of likely N-dealkylation sites (tertiary alicyclic amines) is 1. The molecule has 18 heavy (non-hydrogen) atoms. The van der Waals surface area contributed by atoms with Gasteiger partial charge in [0, 0.05) is 0 Å². The second-order valence-corrected chi connectivity index (χ2v) is 5.21. The molecule has 0 saturated carbocycles. The lowest BCUT2D eigenvalue weighted by Gasteiger charge is -2.29. The van der Waals surface area contributed by atoms with Crippen LogP contribution in [0.1, 0.15) is 40.5 Å². The third-order valence-electron chi connectivity index (χ3n) is 2.52. The topological polar surface area (TPSA) is 76.1 Å². The number of carbonyl (C=O) groups is 2. The molecular formula is C12H21NO5. The highest BCUT2D eigenvalue weighted by Gasteiger charge is 2.42. The molecular weight excluding hydrogens is 238 g/mol. The SMILES string of the molecule is CCOC(=O)[C@H]1CCC(O)N1C(=O)OC(C)(C)C. The number of amides is 1. The van der Waals surface area contributed by atoms with Gasteiger partial charge in [0.15, 0.2) is 0 Å². The van der Waals surface area contributed by atoms with Crippen LogP contribution in [0.3, 0.4) is 0 Å². The van der Waals surface area contributed by atoms with Crippen LogP contribution < -0.4 is 0 Å². The molecule has 0 aromatic rings. The second-order valence-electron chi connectivity index (χ2n) is 5.21. The fourth-order valence-electron chi connectivity index (χ4n) is 1.83. The van der Waals surface area contributed by atoms with E-state index in [9.17, 15) is 14.7 Å². The Hall–Kier alpha value is -1.30. The lowest BCUT2D eigenvalue weighted by atomic mass is 10.2. The van der Waals surface area contributed by atoms with Gasteiger partial charge in [0.1, 0.15) is 17.9 Å². The van der Waals surface area contributed by atoms with Crippen LogP contribution in [0.25, 0.3) is 0 Å². The number of carbonyl (C=O) groups excluding carboxylic acids is 2. The first-order valence-electron chi connectivity index (χ1n) is 6.12. The molecule has 1 N–H and O–H groups in total. The zero-order valence-electron chi connectivity index (χ0n) is 11.3. The van der Waals surface area contributed by atoms with Crippen molar-refractivity contribution in [3.63, 3.8) is 0 Å². The maximum Gasteiger partial charge on any atom is 0.413 e. The van der Waals surface area contributed by atoms with Crippen LogP contribution >= 0.6 is 0 Å². The Labute approximate surface area is 107 Å². The minimum Gasteiger partial charge on any atom is -0.464 e. The molecule has 6 heteroatoms. The van der Waals surface area contributed by atoms with Crippen molar-refractivity contribution in [2.45, 2.75) is 58.4 Å². The predicted molar refractivity (Wildman–Crippen MR) is 63.7 cm³/mol. The molecule has 1 rings (SSSR count). The smallest absolute Gasteiger partial charge is 0.413 e. The number of hydrogen-bond donors (Lipinski definition) is 1. The summed E-state index contributed by atoms with van der Waals surface area (Å²) >= 11 is 0. The number of rotatable bonds is 2. The van der Waals surface area contributed by atoms with E-state index in [0.29, 0.717) is 12.8 Å². The third kappa shape index (κ3) is 3.60. The molecule has 1 fully saturated rings. The molecule has 1 aliphatic heterocycles. The van der Waals surface area contributed by atoms with Gasteiger partial charge < -0.3 is 14.6 Å². The molecule has 1 heterocycles. The minimum absolute atomic E-state index is 0.244. The van der Waals surface area contributed by atoms with Crippen LogP contribution in [0.4, 0.5) is 4.79 Å². The fourth-order valence-corrected chi connectivity index (χ4v) is 1.83. The minimum atomic E-state index is -0.991. The molecule has 104 valence electrons. The van der Waals surface area contributed by atoms with E-state index in [2.05, 4.69) is 0 Å². The molecule has 0 spiro atoms. The van der Waals surface area contributed by atoms with Gasteiger partial charge in [-0.05, 0) is 40.5 Å².